The molecule has 1 aromatic heterocycles. The third kappa shape index (κ3) is 6.64. The number of aromatic nitrogens is 2. The summed E-state index contributed by atoms with van der Waals surface area (Å²) in [4.78, 5) is 32.6. The summed E-state index contributed by atoms with van der Waals surface area (Å²) in [5, 5.41) is 5.82. The molecule has 2 amide bonds. The van der Waals surface area contributed by atoms with Gasteiger partial charge in [-0.3, -0.25) is 20.2 Å². The maximum atomic E-state index is 12.3. The van der Waals surface area contributed by atoms with E-state index in [-0.39, 0.29) is 42.3 Å². The normalized spacial score (nSPS) is 26.9. The van der Waals surface area contributed by atoms with Gasteiger partial charge in [-0.1, -0.05) is 0 Å². The molecule has 9 heteroatoms. The van der Waals surface area contributed by atoms with Gasteiger partial charge < -0.3 is 15.4 Å². The monoisotopic (exact) mass is 404 g/mol. The molecule has 4 atom stereocenters. The summed E-state index contributed by atoms with van der Waals surface area (Å²) >= 11 is 0. The van der Waals surface area contributed by atoms with Crippen LogP contribution in [0.3, 0.4) is 0 Å². The molecule has 160 valence electrons. The van der Waals surface area contributed by atoms with Crippen LogP contribution in [0.4, 0.5) is 4.79 Å². The first-order chi connectivity index (χ1) is 13.7. The molecule has 1 saturated heterocycles. The second-order valence-corrected chi connectivity index (χ2v) is 9.05. The number of nitrogens with one attached hydrogen (secondary N) is 4. The van der Waals surface area contributed by atoms with E-state index in [1.165, 1.54) is 0 Å². The van der Waals surface area contributed by atoms with Crippen molar-refractivity contribution in [1.29, 1.82) is 0 Å². The van der Waals surface area contributed by atoms with Crippen LogP contribution in [0.15, 0.2) is 12.4 Å². The van der Waals surface area contributed by atoms with Crippen LogP contribution in [-0.2, 0) is 16.0 Å². The molecular weight excluding hydrogens is 372 g/mol. The minimum absolute atomic E-state index is 0.0575. The Hall–Kier alpha value is -2.26. The highest BCUT2D eigenvalue weighted by atomic mass is 16.6. The molecule has 0 bridgehead atoms. The zero-order valence-corrected chi connectivity index (χ0v) is 17.6. The highest BCUT2D eigenvalue weighted by Gasteiger charge is 2.37. The number of rotatable bonds is 5. The van der Waals surface area contributed by atoms with E-state index in [0.29, 0.717) is 11.6 Å². The average molecular weight is 405 g/mol. The van der Waals surface area contributed by atoms with Gasteiger partial charge in [0.25, 0.3) is 0 Å². The van der Waals surface area contributed by atoms with Crippen molar-refractivity contribution < 1.29 is 14.3 Å². The number of hydrazine groups is 1. The molecule has 0 radical (unpaired) electrons. The van der Waals surface area contributed by atoms with Crippen molar-refractivity contribution in [1.82, 2.24) is 31.5 Å². The second-order valence-electron chi connectivity index (χ2n) is 9.05. The van der Waals surface area contributed by atoms with E-state index in [1.54, 1.807) is 12.4 Å². The number of carbonyl (C=O) groups excluding carboxylic acids is 2. The van der Waals surface area contributed by atoms with Crippen LogP contribution in [0.1, 0.15) is 57.8 Å². The predicted octanol–water partition coefficient (Wildman–Crippen LogP) is 1.33. The van der Waals surface area contributed by atoms with Crippen LogP contribution in [0, 0.1) is 12.8 Å². The Morgan fingerprint density at radius 1 is 1.17 bits per heavy atom. The first-order valence-electron chi connectivity index (χ1n) is 10.2. The largest absolute Gasteiger partial charge is 0.446 e. The summed E-state index contributed by atoms with van der Waals surface area (Å²) in [5.41, 5.74) is 7.62. The molecule has 0 aromatic carbocycles. The number of carbonyl (C=O) groups is 2. The first kappa shape index (κ1) is 21.4. The molecule has 0 spiro atoms. The van der Waals surface area contributed by atoms with E-state index in [2.05, 4.69) is 31.5 Å². The molecule has 2 heterocycles. The fourth-order valence-corrected chi connectivity index (χ4v) is 3.84. The molecule has 4 N–H and O–H groups in total. The van der Waals surface area contributed by atoms with Crippen LogP contribution in [-0.4, -0.2) is 45.8 Å². The van der Waals surface area contributed by atoms with Gasteiger partial charge in [0, 0.05) is 24.0 Å². The van der Waals surface area contributed by atoms with Gasteiger partial charge in [-0.25, -0.2) is 10.2 Å². The van der Waals surface area contributed by atoms with Gasteiger partial charge in [0.05, 0.1) is 24.0 Å². The number of alkyl carbamates (subject to hydrolysis) is 1. The number of hydrogen-bond donors (Lipinski definition) is 4. The van der Waals surface area contributed by atoms with Gasteiger partial charge in [0.1, 0.15) is 6.10 Å². The summed E-state index contributed by atoms with van der Waals surface area (Å²) < 4.78 is 5.56. The molecule has 1 aromatic rings. The van der Waals surface area contributed by atoms with Gasteiger partial charge in [-0.2, -0.15) is 0 Å². The lowest BCUT2D eigenvalue weighted by molar-refractivity contribution is -0.121. The first-order valence-corrected chi connectivity index (χ1v) is 10.2. The van der Waals surface area contributed by atoms with Gasteiger partial charge in [0.2, 0.25) is 5.91 Å². The molecule has 2 fully saturated rings. The van der Waals surface area contributed by atoms with Crippen LogP contribution in [0.5, 0.6) is 0 Å². The van der Waals surface area contributed by atoms with Crippen LogP contribution < -0.4 is 21.5 Å². The Kier molecular flexibility index (Phi) is 6.69. The molecule has 1 aliphatic heterocycles. The number of nitrogens with zero attached hydrogens (tertiary/aromatic N) is 2. The Bertz CT molecular complexity index is 718. The molecule has 1 aliphatic carbocycles. The van der Waals surface area contributed by atoms with Crippen molar-refractivity contribution in [3.05, 3.63) is 23.8 Å². The summed E-state index contributed by atoms with van der Waals surface area (Å²) in [6.07, 6.45) is 6.43. The van der Waals surface area contributed by atoms with Gasteiger partial charge >= 0.3 is 6.09 Å². The average Bonchev–Trinajstić information content (AvgIpc) is 3.24. The quantitative estimate of drug-likeness (QED) is 0.585. The van der Waals surface area contributed by atoms with Gasteiger partial charge in [-0.05, 0) is 59.3 Å². The highest BCUT2D eigenvalue weighted by Crippen LogP contribution is 2.33. The SMILES string of the molecule is Cc1cnc(CC(=O)NC2CC([C@H]3CC[C@@H](OC(=O)NC(C)(C)C)C3)NN2)cn1. The van der Waals surface area contributed by atoms with Crippen molar-refractivity contribution in [2.75, 3.05) is 0 Å². The van der Waals surface area contributed by atoms with E-state index >= 15 is 0 Å². The minimum Gasteiger partial charge on any atom is -0.446 e. The van der Waals surface area contributed by atoms with E-state index < -0.39 is 0 Å². The van der Waals surface area contributed by atoms with Crippen LogP contribution in [0.25, 0.3) is 0 Å². The lowest BCUT2D eigenvalue weighted by Crippen LogP contribution is -2.45. The van der Waals surface area contributed by atoms with E-state index in [0.717, 1.165) is 31.4 Å². The van der Waals surface area contributed by atoms with Crippen LogP contribution in [0.2, 0.25) is 0 Å². The Balaban J connectivity index is 1.40. The van der Waals surface area contributed by atoms with Crippen molar-refractivity contribution in [2.45, 2.75) is 83.6 Å². The fourth-order valence-electron chi connectivity index (χ4n) is 3.84. The number of aryl methyl sites for hydroxylation is 1. The zero-order valence-electron chi connectivity index (χ0n) is 17.6. The topological polar surface area (TPSA) is 117 Å². The number of amides is 2. The van der Waals surface area contributed by atoms with Gasteiger partial charge in [-0.15, -0.1) is 0 Å². The Morgan fingerprint density at radius 2 is 1.97 bits per heavy atom. The third-order valence-electron chi connectivity index (χ3n) is 5.19. The van der Waals surface area contributed by atoms with E-state index in [4.69, 9.17) is 4.74 Å². The molecule has 9 nitrogen and oxygen atoms in total. The maximum absolute atomic E-state index is 12.3. The van der Waals surface area contributed by atoms with E-state index in [9.17, 15) is 9.59 Å². The van der Waals surface area contributed by atoms with Crippen molar-refractivity contribution in [3.8, 4) is 0 Å². The smallest absolute Gasteiger partial charge is 0.407 e. The lowest BCUT2D eigenvalue weighted by atomic mass is 9.96. The predicted molar refractivity (Wildman–Crippen MR) is 108 cm³/mol. The molecular formula is C20H32N6O3. The summed E-state index contributed by atoms with van der Waals surface area (Å²) in [7, 11) is 0. The number of ether oxygens (including phenoxy) is 1. The summed E-state index contributed by atoms with van der Waals surface area (Å²) in [6, 6.07) is 0.235. The fraction of sp³-hybridized carbons (Fsp3) is 0.700. The van der Waals surface area contributed by atoms with Crippen LogP contribution >= 0.6 is 0 Å². The number of hydrogen-bond acceptors (Lipinski definition) is 7. The Labute approximate surface area is 171 Å². The molecule has 2 aliphatic rings. The molecule has 1 saturated carbocycles. The highest BCUT2D eigenvalue weighted by molar-refractivity contribution is 5.78. The van der Waals surface area contributed by atoms with Crippen molar-refractivity contribution in [2.24, 2.45) is 5.92 Å². The van der Waals surface area contributed by atoms with Gasteiger partial charge in [0.15, 0.2) is 0 Å². The molecule has 2 unspecified atom stereocenters. The summed E-state index contributed by atoms with van der Waals surface area (Å²) in [5.74, 6) is 0.314. The van der Waals surface area contributed by atoms with Crippen molar-refractivity contribution >= 4 is 12.0 Å². The summed E-state index contributed by atoms with van der Waals surface area (Å²) in [6.45, 7) is 7.65. The zero-order chi connectivity index (χ0) is 21.0. The molecule has 3 rings (SSSR count). The third-order valence-corrected chi connectivity index (χ3v) is 5.19. The lowest BCUT2D eigenvalue weighted by Gasteiger charge is -2.22. The minimum atomic E-state index is -0.356. The Morgan fingerprint density at radius 3 is 2.66 bits per heavy atom. The second kappa shape index (κ2) is 9.04. The molecule has 29 heavy (non-hydrogen) atoms. The van der Waals surface area contributed by atoms with E-state index in [1.807, 2.05) is 27.7 Å². The standard InChI is InChI=1S/C20H32N6O3/c1-12-10-22-14(11-21-12)8-18(27)23-17-9-16(25-26-17)13-5-6-15(7-13)29-19(28)24-20(2,3)4/h10-11,13,15-17,25-26H,5-9H2,1-4H3,(H,23,27)(H,24,28)/t13-,15+,16?,17?/m0/s1. The van der Waals surface area contributed by atoms with Crippen molar-refractivity contribution in [3.63, 3.8) is 0 Å². The maximum Gasteiger partial charge on any atom is 0.407 e.